The number of ether oxygens (including phenoxy) is 6. The van der Waals surface area contributed by atoms with Crippen molar-refractivity contribution in [3.8, 4) is 63.2 Å². The van der Waals surface area contributed by atoms with E-state index in [1.807, 2.05) is 6.92 Å². The minimum Gasteiger partial charge on any atom is -0.504 e. The van der Waals surface area contributed by atoms with Gasteiger partial charge in [0, 0.05) is 36.9 Å². The number of methoxy groups -OCH3 is 1. The zero-order valence-electron chi connectivity index (χ0n) is 35.5. The van der Waals surface area contributed by atoms with Crippen molar-refractivity contribution in [2.75, 3.05) is 13.7 Å². The monoisotopic (exact) mass is 886 g/mol. The van der Waals surface area contributed by atoms with Gasteiger partial charge in [-0.15, -0.1) is 0 Å². The molecule has 0 aliphatic heterocycles. The van der Waals surface area contributed by atoms with Gasteiger partial charge in [-0.3, -0.25) is 0 Å². The number of hydrogen-bond donors (Lipinski definition) is 6. The molecule has 0 aliphatic carbocycles. The molecule has 1 unspecified atom stereocenters. The van der Waals surface area contributed by atoms with E-state index in [1.165, 1.54) is 25.3 Å². The number of rotatable bonds is 14. The Morgan fingerprint density at radius 3 is 1.25 bits per heavy atom. The molecule has 336 valence electrons. The average Bonchev–Trinajstić information content (AvgIpc) is 3.30. The van der Waals surface area contributed by atoms with Crippen LogP contribution in [0.5, 0.6) is 63.2 Å². The summed E-state index contributed by atoms with van der Waals surface area (Å²) in [6.07, 6.45) is 4.51. The first-order valence-corrected chi connectivity index (χ1v) is 19.4. The highest BCUT2D eigenvalue weighted by Gasteiger charge is 2.16. The minimum atomic E-state index is -0.667. The van der Waals surface area contributed by atoms with E-state index in [9.17, 15) is 45.0 Å². The molecule has 1 atom stereocenters. The Labute approximate surface area is 374 Å². The molecule has 65 heavy (non-hydrogen) atoms. The molecule has 15 heteroatoms. The molecule has 0 heterocycles. The van der Waals surface area contributed by atoms with E-state index in [2.05, 4.69) is 19.7 Å². The van der Waals surface area contributed by atoms with Gasteiger partial charge < -0.3 is 59.1 Å². The van der Waals surface area contributed by atoms with Crippen LogP contribution in [0.3, 0.4) is 0 Å². The van der Waals surface area contributed by atoms with Crippen LogP contribution in [-0.4, -0.2) is 68.6 Å². The number of carbonyl (C=O) groups is 3. The minimum absolute atomic E-state index is 0.0137. The summed E-state index contributed by atoms with van der Waals surface area (Å²) in [5.74, 6) is -4.04. The standard InChI is InChI=1S/C19H20O5.C16H14O5.C15H12O5/c1-4-14-6-8-15(9-7-14)19(21)24-16-10-11-18(17(20)12-16)23-13(3)22-5-2;1-3-10-4-6-11(7-5-10)16(19)21-12-8-13(17)15(18)14(9-12)20-2;1-2-9-3-5-10(6-4-9)15(19)20-11-7-12(16)14(18)13(17)8-11/h4,6-13,20H,1,5H2,2-3H3;3-9,17-18H,1H2,2H3;2-8,16-18H,1H2. The van der Waals surface area contributed by atoms with Crippen LogP contribution >= 0.6 is 0 Å². The summed E-state index contributed by atoms with van der Waals surface area (Å²) >= 11 is 0. The van der Waals surface area contributed by atoms with E-state index in [-0.39, 0.29) is 34.5 Å². The number of phenolic OH excluding ortho intramolecular Hbond substituents is 6. The van der Waals surface area contributed by atoms with Crippen molar-refractivity contribution in [2.24, 2.45) is 0 Å². The van der Waals surface area contributed by atoms with Crippen molar-refractivity contribution in [2.45, 2.75) is 20.1 Å². The largest absolute Gasteiger partial charge is 0.504 e. The van der Waals surface area contributed by atoms with Gasteiger partial charge in [0.25, 0.3) is 0 Å². The van der Waals surface area contributed by atoms with Crippen LogP contribution in [0.2, 0.25) is 0 Å². The summed E-state index contributed by atoms with van der Waals surface area (Å²) in [5.41, 5.74) is 3.73. The number of aromatic hydroxyl groups is 6. The molecule has 0 aliphatic rings. The first-order chi connectivity index (χ1) is 31.1. The Hall–Kier alpha value is -8.69. The SMILES string of the molecule is C=Cc1ccc(C(=O)Oc2cc(O)c(O)c(O)c2)cc1.C=Cc1ccc(C(=O)Oc2cc(O)c(O)c(OC)c2)cc1.C=Cc1ccc(C(=O)Oc2ccc(OC(C)OCC)c(O)c2)cc1. The van der Waals surface area contributed by atoms with Crippen molar-refractivity contribution in [1.29, 1.82) is 0 Å². The van der Waals surface area contributed by atoms with E-state index in [1.54, 1.807) is 104 Å². The number of carbonyl (C=O) groups excluding carboxylic acids is 3. The van der Waals surface area contributed by atoms with Crippen LogP contribution in [-0.2, 0) is 4.74 Å². The first-order valence-electron chi connectivity index (χ1n) is 19.4. The molecule has 0 amide bonds. The lowest BCUT2D eigenvalue weighted by atomic mass is 10.1. The van der Waals surface area contributed by atoms with E-state index < -0.39 is 52.9 Å². The maximum Gasteiger partial charge on any atom is 0.343 e. The highest BCUT2D eigenvalue weighted by Crippen LogP contribution is 2.40. The van der Waals surface area contributed by atoms with Crippen LogP contribution in [0.4, 0.5) is 0 Å². The zero-order valence-corrected chi connectivity index (χ0v) is 35.5. The third-order valence-electron chi connectivity index (χ3n) is 8.69. The van der Waals surface area contributed by atoms with Gasteiger partial charge in [-0.1, -0.05) is 74.4 Å². The summed E-state index contributed by atoms with van der Waals surface area (Å²) < 4.78 is 30.9. The smallest absolute Gasteiger partial charge is 0.343 e. The van der Waals surface area contributed by atoms with Crippen molar-refractivity contribution in [3.05, 3.63) is 168 Å². The zero-order chi connectivity index (χ0) is 47.6. The second-order valence-corrected chi connectivity index (χ2v) is 13.2. The Kier molecular flexibility index (Phi) is 17.7. The molecule has 6 N–H and O–H groups in total. The van der Waals surface area contributed by atoms with E-state index in [0.29, 0.717) is 23.3 Å². The molecular weight excluding hydrogens is 841 g/mol. The fraction of sp³-hybridized carbons (Fsp3) is 0.100. The summed E-state index contributed by atoms with van der Waals surface area (Å²) in [4.78, 5) is 35.9. The fourth-order valence-corrected chi connectivity index (χ4v) is 5.29. The average molecular weight is 887 g/mol. The van der Waals surface area contributed by atoms with Gasteiger partial charge in [0.2, 0.25) is 11.5 Å². The summed E-state index contributed by atoms with van der Waals surface area (Å²) in [6, 6.07) is 29.0. The number of phenols is 6. The van der Waals surface area contributed by atoms with E-state index in [4.69, 9.17) is 28.4 Å². The van der Waals surface area contributed by atoms with Gasteiger partial charge in [-0.2, -0.15) is 0 Å². The normalized spacial score (nSPS) is 10.6. The second kappa shape index (κ2) is 23.5. The maximum absolute atomic E-state index is 12.1. The van der Waals surface area contributed by atoms with Crippen molar-refractivity contribution >= 4 is 36.1 Å². The number of hydrogen-bond acceptors (Lipinski definition) is 15. The van der Waals surface area contributed by atoms with E-state index in [0.717, 1.165) is 34.9 Å². The van der Waals surface area contributed by atoms with Crippen LogP contribution in [0, 0.1) is 0 Å². The lowest BCUT2D eigenvalue weighted by Crippen LogP contribution is -2.16. The van der Waals surface area contributed by atoms with Gasteiger partial charge in [-0.25, -0.2) is 14.4 Å². The van der Waals surface area contributed by atoms with Crippen molar-refractivity contribution < 1.29 is 73.4 Å². The van der Waals surface area contributed by atoms with Gasteiger partial charge >= 0.3 is 17.9 Å². The van der Waals surface area contributed by atoms with Gasteiger partial charge in [0.15, 0.2) is 40.8 Å². The fourth-order valence-electron chi connectivity index (χ4n) is 5.29. The molecule has 0 saturated heterocycles. The van der Waals surface area contributed by atoms with E-state index >= 15 is 0 Å². The third kappa shape index (κ3) is 14.2. The molecule has 0 bridgehead atoms. The third-order valence-corrected chi connectivity index (χ3v) is 8.69. The molecule has 6 aromatic carbocycles. The molecule has 0 fully saturated rings. The van der Waals surface area contributed by atoms with Crippen LogP contribution in [0.15, 0.2) is 135 Å². The first kappa shape index (κ1) is 49.0. The van der Waals surface area contributed by atoms with Gasteiger partial charge in [-0.05, 0) is 79.1 Å². The summed E-state index contributed by atoms with van der Waals surface area (Å²) in [5, 5.41) is 56.8. The number of esters is 3. The van der Waals surface area contributed by atoms with Gasteiger partial charge in [0.05, 0.1) is 23.8 Å². The Morgan fingerprint density at radius 1 is 0.508 bits per heavy atom. The van der Waals surface area contributed by atoms with Crippen molar-refractivity contribution in [1.82, 2.24) is 0 Å². The number of benzene rings is 6. The Bertz CT molecular complexity index is 2590. The lowest BCUT2D eigenvalue weighted by Gasteiger charge is -2.15. The predicted molar refractivity (Wildman–Crippen MR) is 242 cm³/mol. The second-order valence-electron chi connectivity index (χ2n) is 13.2. The molecular formula is C50H46O15. The van der Waals surface area contributed by atoms with Crippen molar-refractivity contribution in [3.63, 3.8) is 0 Å². The Morgan fingerprint density at radius 2 is 0.877 bits per heavy atom. The molecule has 6 rings (SSSR count). The summed E-state index contributed by atoms with van der Waals surface area (Å²) in [7, 11) is 1.33. The maximum atomic E-state index is 12.1. The molecule has 0 spiro atoms. The van der Waals surface area contributed by atoms with Crippen LogP contribution < -0.4 is 23.7 Å². The van der Waals surface area contributed by atoms with Crippen LogP contribution in [0.1, 0.15) is 61.6 Å². The highest BCUT2D eigenvalue weighted by molar-refractivity contribution is 5.92. The Balaban J connectivity index is 0.000000214. The predicted octanol–water partition coefficient (Wildman–Crippen LogP) is 9.65. The lowest BCUT2D eigenvalue weighted by molar-refractivity contribution is -0.0624. The quantitative estimate of drug-likeness (QED) is 0.0259. The topological polar surface area (TPSA) is 228 Å². The van der Waals surface area contributed by atoms with Gasteiger partial charge in [0.1, 0.15) is 17.2 Å². The molecule has 0 aromatic heterocycles. The molecule has 6 aromatic rings. The van der Waals surface area contributed by atoms with Crippen LogP contribution in [0.25, 0.3) is 18.2 Å². The molecule has 0 radical (unpaired) electrons. The highest BCUT2D eigenvalue weighted by atomic mass is 16.7. The molecule has 0 saturated carbocycles. The molecule has 15 nitrogen and oxygen atoms in total. The summed E-state index contributed by atoms with van der Waals surface area (Å²) in [6.45, 7) is 15.0.